The molecular formula is C14H21N7O. The van der Waals surface area contributed by atoms with E-state index in [9.17, 15) is 0 Å². The van der Waals surface area contributed by atoms with Gasteiger partial charge in [0.2, 0.25) is 12.3 Å². The molecule has 0 unspecified atom stereocenters. The van der Waals surface area contributed by atoms with E-state index in [0.29, 0.717) is 11.9 Å². The van der Waals surface area contributed by atoms with Crippen molar-refractivity contribution >= 4 is 11.6 Å². The Morgan fingerprint density at radius 2 is 2.14 bits per heavy atom. The molecule has 118 valence electrons. The van der Waals surface area contributed by atoms with Crippen LogP contribution in [0.5, 0.6) is 0 Å². The van der Waals surface area contributed by atoms with Crippen LogP contribution in [0, 0.1) is 0 Å². The maximum Gasteiger partial charge on any atom is 0.230 e. The normalized spacial score (nSPS) is 16.6. The molecule has 1 fully saturated rings. The summed E-state index contributed by atoms with van der Waals surface area (Å²) < 4.78 is 5.19. The smallest absolute Gasteiger partial charge is 0.230 e. The number of hydrogen-bond acceptors (Lipinski definition) is 8. The lowest BCUT2D eigenvalue weighted by Crippen LogP contribution is -2.38. The van der Waals surface area contributed by atoms with Gasteiger partial charge in [0.15, 0.2) is 0 Å². The van der Waals surface area contributed by atoms with Crippen LogP contribution in [0.2, 0.25) is 0 Å². The molecule has 8 heteroatoms. The number of anilines is 2. The molecule has 1 N–H and O–H groups in total. The Morgan fingerprint density at radius 1 is 1.32 bits per heavy atom. The molecule has 2 aromatic rings. The number of nitrogens with one attached hydrogen (secondary N) is 1. The van der Waals surface area contributed by atoms with Crippen LogP contribution in [-0.2, 0) is 6.54 Å². The van der Waals surface area contributed by atoms with E-state index in [1.165, 1.54) is 6.39 Å². The highest BCUT2D eigenvalue weighted by molar-refractivity contribution is 5.47. The first-order chi connectivity index (χ1) is 10.7. The van der Waals surface area contributed by atoms with Crippen molar-refractivity contribution in [2.24, 2.45) is 0 Å². The minimum atomic E-state index is 0.434. The highest BCUT2D eigenvalue weighted by Gasteiger charge is 2.20. The van der Waals surface area contributed by atoms with Crippen LogP contribution in [0.4, 0.5) is 11.6 Å². The van der Waals surface area contributed by atoms with Gasteiger partial charge in [0.1, 0.15) is 18.0 Å². The highest BCUT2D eigenvalue weighted by Crippen LogP contribution is 2.18. The maximum absolute atomic E-state index is 5.19. The highest BCUT2D eigenvalue weighted by atomic mass is 16.4. The molecule has 0 saturated carbocycles. The maximum atomic E-state index is 5.19. The van der Waals surface area contributed by atoms with Crippen molar-refractivity contribution in [3.8, 4) is 0 Å². The van der Waals surface area contributed by atoms with Gasteiger partial charge in [-0.1, -0.05) is 0 Å². The number of nitrogens with zero attached hydrogens (tertiary/aromatic N) is 6. The monoisotopic (exact) mass is 303 g/mol. The molecule has 0 amide bonds. The molecule has 0 aliphatic carbocycles. The fourth-order valence-corrected chi connectivity index (χ4v) is 2.57. The molecular weight excluding hydrogens is 282 g/mol. The van der Waals surface area contributed by atoms with Gasteiger partial charge in [-0.25, -0.2) is 9.97 Å². The number of piperidine rings is 1. The summed E-state index contributed by atoms with van der Waals surface area (Å²) in [4.78, 5) is 12.8. The van der Waals surface area contributed by atoms with Crippen molar-refractivity contribution in [1.29, 1.82) is 0 Å². The zero-order valence-corrected chi connectivity index (χ0v) is 12.9. The Hall–Kier alpha value is -2.22. The van der Waals surface area contributed by atoms with Crippen molar-refractivity contribution < 1.29 is 4.42 Å². The molecule has 3 heterocycles. The zero-order chi connectivity index (χ0) is 15.4. The van der Waals surface area contributed by atoms with E-state index < -0.39 is 0 Å². The largest absolute Gasteiger partial charge is 0.427 e. The number of aromatic nitrogens is 4. The van der Waals surface area contributed by atoms with Crippen LogP contribution in [0.25, 0.3) is 0 Å². The summed E-state index contributed by atoms with van der Waals surface area (Å²) in [6.45, 7) is 2.74. The van der Waals surface area contributed by atoms with E-state index >= 15 is 0 Å². The summed E-state index contributed by atoms with van der Waals surface area (Å²) in [6, 6.07) is 2.41. The van der Waals surface area contributed by atoms with Crippen molar-refractivity contribution in [3.63, 3.8) is 0 Å². The van der Waals surface area contributed by atoms with E-state index in [0.717, 1.165) is 44.1 Å². The second kappa shape index (κ2) is 6.69. The lowest BCUT2D eigenvalue weighted by atomic mass is 10.1. The zero-order valence-electron chi connectivity index (χ0n) is 12.9. The first kappa shape index (κ1) is 14.7. The number of likely N-dealkylation sites (tertiary alicyclic amines) is 1. The summed E-state index contributed by atoms with van der Waals surface area (Å²) in [5.74, 6) is 2.47. The lowest BCUT2D eigenvalue weighted by Gasteiger charge is -2.31. The summed E-state index contributed by atoms with van der Waals surface area (Å²) in [5, 5.41) is 11.1. The van der Waals surface area contributed by atoms with Gasteiger partial charge in [-0.05, 0) is 12.8 Å². The van der Waals surface area contributed by atoms with Gasteiger partial charge in [-0.2, -0.15) is 0 Å². The van der Waals surface area contributed by atoms with Crippen LogP contribution in [-0.4, -0.2) is 58.3 Å². The summed E-state index contributed by atoms with van der Waals surface area (Å²) in [5.41, 5.74) is 0. The molecule has 1 aliphatic heterocycles. The molecule has 2 aromatic heterocycles. The predicted molar refractivity (Wildman–Crippen MR) is 82.6 cm³/mol. The van der Waals surface area contributed by atoms with Gasteiger partial charge < -0.3 is 14.6 Å². The Morgan fingerprint density at radius 3 is 2.82 bits per heavy atom. The van der Waals surface area contributed by atoms with Gasteiger partial charge in [-0.3, -0.25) is 4.90 Å². The molecule has 1 aliphatic rings. The van der Waals surface area contributed by atoms with Crippen LogP contribution in [0.3, 0.4) is 0 Å². The second-order valence-corrected chi connectivity index (χ2v) is 5.68. The van der Waals surface area contributed by atoms with E-state index in [1.807, 2.05) is 25.1 Å². The summed E-state index contributed by atoms with van der Waals surface area (Å²) in [6.07, 6.45) is 5.11. The molecule has 0 spiro atoms. The quantitative estimate of drug-likeness (QED) is 0.876. The lowest BCUT2D eigenvalue weighted by molar-refractivity contribution is 0.193. The Labute approximate surface area is 129 Å². The molecule has 0 radical (unpaired) electrons. The molecule has 1 saturated heterocycles. The van der Waals surface area contributed by atoms with E-state index in [4.69, 9.17) is 4.42 Å². The Bertz CT molecular complexity index is 579. The SMILES string of the molecule is CN(C)c1cc(NC2CCN(Cc3nnco3)CC2)ncn1. The fourth-order valence-electron chi connectivity index (χ4n) is 2.57. The van der Waals surface area contributed by atoms with Crippen molar-refractivity contribution in [2.45, 2.75) is 25.4 Å². The summed E-state index contributed by atoms with van der Waals surface area (Å²) in [7, 11) is 3.95. The number of rotatable bonds is 5. The molecule has 3 rings (SSSR count). The van der Waals surface area contributed by atoms with E-state index in [-0.39, 0.29) is 0 Å². The Kier molecular flexibility index (Phi) is 4.47. The molecule has 8 nitrogen and oxygen atoms in total. The second-order valence-electron chi connectivity index (χ2n) is 5.68. The van der Waals surface area contributed by atoms with Gasteiger partial charge in [0.05, 0.1) is 6.54 Å². The van der Waals surface area contributed by atoms with Gasteiger partial charge in [0.25, 0.3) is 0 Å². The summed E-state index contributed by atoms with van der Waals surface area (Å²) >= 11 is 0. The topological polar surface area (TPSA) is 83.2 Å². The van der Waals surface area contributed by atoms with Crippen LogP contribution >= 0.6 is 0 Å². The third-order valence-electron chi connectivity index (χ3n) is 3.81. The molecule has 22 heavy (non-hydrogen) atoms. The average Bonchev–Trinajstić information content (AvgIpc) is 3.02. The van der Waals surface area contributed by atoms with Crippen molar-refractivity contribution in [2.75, 3.05) is 37.4 Å². The van der Waals surface area contributed by atoms with Gasteiger partial charge >= 0.3 is 0 Å². The fraction of sp³-hybridized carbons (Fsp3) is 0.571. The minimum absolute atomic E-state index is 0.434. The third-order valence-corrected chi connectivity index (χ3v) is 3.81. The third kappa shape index (κ3) is 3.70. The van der Waals surface area contributed by atoms with E-state index in [1.54, 1.807) is 6.33 Å². The first-order valence-electron chi connectivity index (χ1n) is 7.44. The van der Waals surface area contributed by atoms with Crippen molar-refractivity contribution in [3.05, 3.63) is 24.7 Å². The Balaban J connectivity index is 1.50. The van der Waals surface area contributed by atoms with Gasteiger partial charge in [-0.15, -0.1) is 10.2 Å². The average molecular weight is 303 g/mol. The van der Waals surface area contributed by atoms with E-state index in [2.05, 4.69) is 30.4 Å². The molecule has 0 bridgehead atoms. The van der Waals surface area contributed by atoms with Gasteiger partial charge in [0, 0.05) is 39.3 Å². The molecule has 0 atom stereocenters. The van der Waals surface area contributed by atoms with Crippen LogP contribution in [0.1, 0.15) is 18.7 Å². The van der Waals surface area contributed by atoms with Crippen LogP contribution in [0.15, 0.2) is 23.2 Å². The predicted octanol–water partition coefficient (Wildman–Crippen LogP) is 1.00. The van der Waals surface area contributed by atoms with Crippen LogP contribution < -0.4 is 10.2 Å². The number of hydrogen-bond donors (Lipinski definition) is 1. The standard InChI is InChI=1S/C14H21N7O/c1-20(2)13-7-12(15-9-16-13)18-11-3-5-21(6-4-11)8-14-19-17-10-22-14/h7,9-11H,3-6,8H2,1-2H3,(H,15,16,18). The first-order valence-corrected chi connectivity index (χ1v) is 7.44. The van der Waals surface area contributed by atoms with Crippen molar-refractivity contribution in [1.82, 2.24) is 25.1 Å². The minimum Gasteiger partial charge on any atom is -0.427 e. The molecule has 0 aromatic carbocycles.